The summed E-state index contributed by atoms with van der Waals surface area (Å²) in [7, 11) is 0. The van der Waals surface area contributed by atoms with Crippen LogP contribution in [0.15, 0.2) is 0 Å². The summed E-state index contributed by atoms with van der Waals surface area (Å²) in [5.74, 6) is 3.48. The van der Waals surface area contributed by atoms with Crippen molar-refractivity contribution in [1.82, 2.24) is 0 Å². The molecular weight excluding hydrogens is 322 g/mol. The Hall–Kier alpha value is -0.590. The Balaban J connectivity index is 1.35. The molecule has 0 bridgehead atoms. The first kappa shape index (κ1) is 20.2. The first-order chi connectivity index (χ1) is 12.6. The van der Waals surface area contributed by atoms with Gasteiger partial charge in [0.05, 0.1) is 19.3 Å². The average molecular weight is 362 g/mol. The highest BCUT2D eigenvalue weighted by Crippen LogP contribution is 2.44. The maximum Gasteiger partial charge on any atom is 0.160 e. The van der Waals surface area contributed by atoms with Crippen molar-refractivity contribution in [2.45, 2.75) is 97.2 Å². The monoisotopic (exact) mass is 361 g/mol. The van der Waals surface area contributed by atoms with E-state index in [1.165, 1.54) is 77.0 Å². The van der Waals surface area contributed by atoms with Crippen LogP contribution in [0.5, 0.6) is 0 Å². The zero-order valence-corrected chi connectivity index (χ0v) is 17.0. The van der Waals surface area contributed by atoms with Crippen LogP contribution in [0.25, 0.3) is 0 Å². The Labute approximate surface area is 160 Å². The van der Waals surface area contributed by atoms with E-state index < -0.39 is 5.41 Å². The maximum absolute atomic E-state index is 9.19. The lowest BCUT2D eigenvalue weighted by atomic mass is 9.68. The van der Waals surface area contributed by atoms with Crippen LogP contribution in [0.2, 0.25) is 0 Å². The molecule has 3 aliphatic rings. The number of hydrogen-bond acceptors (Lipinski definition) is 3. The average Bonchev–Trinajstić information content (AvgIpc) is 2.70. The second-order valence-electron chi connectivity index (χ2n) is 9.61. The largest absolute Gasteiger partial charge is 0.351 e. The predicted molar refractivity (Wildman–Crippen MR) is 104 cm³/mol. The Kier molecular flexibility index (Phi) is 7.41. The zero-order chi connectivity index (χ0) is 18.4. The van der Waals surface area contributed by atoms with E-state index in [9.17, 15) is 5.26 Å². The van der Waals surface area contributed by atoms with Crippen LogP contribution in [0.1, 0.15) is 90.9 Å². The van der Waals surface area contributed by atoms with Crippen LogP contribution in [-0.4, -0.2) is 19.5 Å². The molecule has 0 aromatic heterocycles. The highest BCUT2D eigenvalue weighted by molar-refractivity contribution is 4.97. The van der Waals surface area contributed by atoms with Gasteiger partial charge in [0.2, 0.25) is 0 Å². The number of unbranched alkanes of at least 4 members (excludes halogenated alkanes) is 2. The summed E-state index contributed by atoms with van der Waals surface area (Å²) in [5, 5.41) is 9.19. The van der Waals surface area contributed by atoms with E-state index in [2.05, 4.69) is 13.0 Å². The second kappa shape index (κ2) is 9.56. The number of hydrogen-bond donors (Lipinski definition) is 0. The first-order valence-corrected chi connectivity index (χ1v) is 11.3. The van der Waals surface area contributed by atoms with E-state index in [1.807, 2.05) is 6.92 Å². The van der Waals surface area contributed by atoms with E-state index in [0.717, 1.165) is 17.8 Å². The van der Waals surface area contributed by atoms with Crippen molar-refractivity contribution in [2.75, 3.05) is 13.2 Å². The van der Waals surface area contributed by atoms with Crippen molar-refractivity contribution >= 4 is 0 Å². The lowest BCUT2D eigenvalue weighted by molar-refractivity contribution is -0.240. The Morgan fingerprint density at radius 1 is 0.846 bits per heavy atom. The zero-order valence-electron chi connectivity index (χ0n) is 17.0. The van der Waals surface area contributed by atoms with Gasteiger partial charge < -0.3 is 9.47 Å². The fourth-order valence-corrected chi connectivity index (χ4v) is 5.48. The van der Waals surface area contributed by atoms with Gasteiger partial charge in [0.1, 0.15) is 5.41 Å². The summed E-state index contributed by atoms with van der Waals surface area (Å²) in [5.41, 5.74) is -0.455. The predicted octanol–water partition coefficient (Wildman–Crippen LogP) is 6.08. The van der Waals surface area contributed by atoms with E-state index >= 15 is 0 Å². The number of rotatable bonds is 6. The van der Waals surface area contributed by atoms with Crippen LogP contribution in [0.3, 0.4) is 0 Å². The van der Waals surface area contributed by atoms with Gasteiger partial charge >= 0.3 is 0 Å². The Bertz CT molecular complexity index is 447. The topological polar surface area (TPSA) is 42.2 Å². The van der Waals surface area contributed by atoms with Crippen LogP contribution in [0.4, 0.5) is 0 Å². The molecule has 0 aromatic rings. The lowest BCUT2D eigenvalue weighted by Gasteiger charge is -2.41. The number of nitrogens with zero attached hydrogens (tertiary/aromatic N) is 1. The van der Waals surface area contributed by atoms with Gasteiger partial charge in [0.25, 0.3) is 0 Å². The van der Waals surface area contributed by atoms with Gasteiger partial charge in [0.15, 0.2) is 6.29 Å². The van der Waals surface area contributed by atoms with Gasteiger partial charge in [-0.1, -0.05) is 45.4 Å². The molecule has 3 heteroatoms. The molecule has 3 rings (SSSR count). The molecule has 0 spiro atoms. The van der Waals surface area contributed by atoms with Crippen molar-refractivity contribution in [3.8, 4) is 6.07 Å². The smallest absolute Gasteiger partial charge is 0.160 e. The van der Waals surface area contributed by atoms with Gasteiger partial charge in [0, 0.05) is 5.92 Å². The molecule has 1 saturated heterocycles. The molecule has 0 atom stereocenters. The highest BCUT2D eigenvalue weighted by atomic mass is 16.7. The summed E-state index contributed by atoms with van der Waals surface area (Å²) < 4.78 is 11.8. The fraction of sp³-hybridized carbons (Fsp3) is 0.957. The summed E-state index contributed by atoms with van der Waals surface area (Å²) in [6.07, 6.45) is 16.7. The molecule has 0 radical (unpaired) electrons. The van der Waals surface area contributed by atoms with Crippen molar-refractivity contribution in [3.05, 3.63) is 0 Å². The molecule has 148 valence electrons. The fourth-order valence-electron chi connectivity index (χ4n) is 5.48. The van der Waals surface area contributed by atoms with E-state index in [1.54, 1.807) is 0 Å². The quantitative estimate of drug-likeness (QED) is 0.538. The Morgan fingerprint density at radius 3 is 1.92 bits per heavy atom. The summed E-state index contributed by atoms with van der Waals surface area (Å²) in [6, 6.07) is 2.32. The van der Waals surface area contributed by atoms with Crippen molar-refractivity contribution < 1.29 is 9.47 Å². The number of ether oxygens (including phenoxy) is 2. The van der Waals surface area contributed by atoms with Crippen LogP contribution >= 0.6 is 0 Å². The molecule has 0 aromatic carbocycles. The van der Waals surface area contributed by atoms with Gasteiger partial charge in [-0.15, -0.1) is 0 Å². The third-order valence-corrected chi connectivity index (χ3v) is 7.38. The molecule has 0 unspecified atom stereocenters. The normalized spacial score (nSPS) is 41.5. The summed E-state index contributed by atoms with van der Waals surface area (Å²) in [6.45, 7) is 5.28. The molecule has 0 N–H and O–H groups in total. The number of nitriles is 1. The maximum atomic E-state index is 9.19. The van der Waals surface area contributed by atoms with Crippen LogP contribution in [0, 0.1) is 40.4 Å². The molecule has 2 saturated carbocycles. The minimum Gasteiger partial charge on any atom is -0.351 e. The van der Waals surface area contributed by atoms with Crippen molar-refractivity contribution in [1.29, 1.82) is 5.26 Å². The second-order valence-corrected chi connectivity index (χ2v) is 9.61. The third kappa shape index (κ3) is 5.23. The lowest BCUT2D eigenvalue weighted by Crippen LogP contribution is -2.43. The molecule has 26 heavy (non-hydrogen) atoms. The van der Waals surface area contributed by atoms with E-state index in [-0.39, 0.29) is 6.29 Å². The SMILES string of the molecule is CCCCCC1CCC(C2CCC(C3OCC(C)(C#N)CO3)CC2)CC1. The van der Waals surface area contributed by atoms with Gasteiger partial charge in [-0.05, 0) is 63.2 Å². The first-order valence-electron chi connectivity index (χ1n) is 11.3. The standard InChI is InChI=1S/C23H39NO2/c1-3-4-5-6-18-7-9-19(10-8-18)20-11-13-21(14-12-20)22-25-16-23(2,15-24)17-26-22/h18-22H,3-14,16-17H2,1-2H3. The minimum absolute atomic E-state index is 0.0633. The molecule has 3 nitrogen and oxygen atoms in total. The molecule has 3 fully saturated rings. The molecule has 2 aliphatic carbocycles. The Morgan fingerprint density at radius 2 is 1.38 bits per heavy atom. The van der Waals surface area contributed by atoms with Gasteiger partial charge in [-0.3, -0.25) is 0 Å². The van der Waals surface area contributed by atoms with E-state index in [4.69, 9.17) is 9.47 Å². The summed E-state index contributed by atoms with van der Waals surface area (Å²) >= 11 is 0. The van der Waals surface area contributed by atoms with E-state index in [0.29, 0.717) is 19.1 Å². The van der Waals surface area contributed by atoms with Gasteiger partial charge in [-0.2, -0.15) is 5.26 Å². The van der Waals surface area contributed by atoms with Crippen molar-refractivity contribution in [3.63, 3.8) is 0 Å². The van der Waals surface area contributed by atoms with Crippen molar-refractivity contribution in [2.24, 2.45) is 29.1 Å². The highest BCUT2D eigenvalue weighted by Gasteiger charge is 2.39. The molecule has 1 heterocycles. The molecule has 0 amide bonds. The van der Waals surface area contributed by atoms with Crippen LogP contribution < -0.4 is 0 Å². The van der Waals surface area contributed by atoms with Crippen LogP contribution in [-0.2, 0) is 9.47 Å². The molecule has 1 aliphatic heterocycles. The minimum atomic E-state index is -0.455. The summed E-state index contributed by atoms with van der Waals surface area (Å²) in [4.78, 5) is 0. The molecular formula is C23H39NO2. The van der Waals surface area contributed by atoms with Gasteiger partial charge in [-0.25, -0.2) is 0 Å². The third-order valence-electron chi connectivity index (χ3n) is 7.38.